The van der Waals surface area contributed by atoms with Crippen LogP contribution in [0.1, 0.15) is 20.8 Å². The Kier molecular flexibility index (Phi) is 53.5. The maximum absolute atomic E-state index is 8.89. The molecule has 0 aromatic carbocycles. The van der Waals surface area contributed by atoms with E-state index in [4.69, 9.17) is 34.5 Å². The van der Waals surface area contributed by atoms with Crippen LogP contribution >= 0.6 is 0 Å². The van der Waals surface area contributed by atoms with Gasteiger partial charge in [0.15, 0.2) is 0 Å². The molecule has 16 heavy (non-hydrogen) atoms. The van der Waals surface area contributed by atoms with Crippen LogP contribution in [-0.4, -0.2) is 50.5 Å². The minimum atomic E-state index is -1.08. The van der Waals surface area contributed by atoms with Crippen molar-refractivity contribution < 1.29 is 34.5 Å². The third kappa shape index (κ3) is 1150. The van der Waals surface area contributed by atoms with E-state index in [-0.39, 0.29) is 32.6 Å². The van der Waals surface area contributed by atoms with Crippen molar-refractivity contribution in [1.82, 2.24) is 0 Å². The molecule has 0 spiro atoms. The van der Waals surface area contributed by atoms with Crippen LogP contribution in [0.2, 0.25) is 0 Å². The van der Waals surface area contributed by atoms with Gasteiger partial charge in [0.05, 0.1) is 0 Å². The van der Waals surface area contributed by atoms with Gasteiger partial charge in [-0.05, 0) is 20.8 Å². The van der Waals surface area contributed by atoms with Crippen LogP contribution in [-0.2, 0) is 19.2 Å². The van der Waals surface area contributed by atoms with Crippen molar-refractivity contribution in [3.05, 3.63) is 0 Å². The van der Waals surface area contributed by atoms with Crippen molar-refractivity contribution in [1.29, 1.82) is 0 Å². The largest absolute Gasteiger partial charge is 3.00 e. The van der Waals surface area contributed by atoms with E-state index in [2.05, 4.69) is 5.73 Å². The summed E-state index contributed by atoms with van der Waals surface area (Å²) < 4.78 is 0. The molecule has 0 saturated heterocycles. The Hall–Kier alpha value is -1.24. The number of aliphatic carboxylic acids is 3. The Labute approximate surface area is 112 Å². The van der Waals surface area contributed by atoms with E-state index in [1.807, 2.05) is 0 Å². The van der Waals surface area contributed by atoms with E-state index in [1.165, 1.54) is 0 Å². The number of carbonyl (C=O) groups is 4. The van der Waals surface area contributed by atoms with E-state index < -0.39 is 17.9 Å². The quantitative estimate of drug-likeness (QED) is 0.296. The molecule has 0 aromatic rings. The summed E-state index contributed by atoms with van der Waals surface area (Å²) in [5.41, 5.74) is 4.17. The van der Waals surface area contributed by atoms with Crippen molar-refractivity contribution in [2.75, 3.05) is 0 Å². The van der Waals surface area contributed by atoms with Gasteiger partial charge in [-0.3, -0.25) is 4.79 Å². The predicted octanol–water partition coefficient (Wildman–Crippen LogP) is -5.01. The average molecular weight is 431 g/mol. The molecule has 0 rings (SSSR count). The third-order valence-corrected chi connectivity index (χ3v) is 0. The van der Waals surface area contributed by atoms with Crippen LogP contribution in [0.4, 0.5) is 0 Å². The number of amides is 1. The first-order valence-corrected chi connectivity index (χ1v) is 3.29. The number of carboxylic acid groups (broad SMARTS) is 3. The Morgan fingerprint density at radius 3 is 0.875 bits per heavy atom. The second-order valence-corrected chi connectivity index (χ2v) is 1.61. The zero-order chi connectivity index (χ0) is 13.4. The average Bonchev–Trinajstić information content (AvgIpc) is 1.81. The number of nitrogens with two attached hydrogens (primary N) is 1. The minimum Gasteiger partial charge on any atom is -0.550 e. The molecular formula is C7H12BiNO7. The van der Waals surface area contributed by atoms with Crippen molar-refractivity contribution in [3.63, 3.8) is 0 Å². The van der Waals surface area contributed by atoms with Crippen molar-refractivity contribution in [2.45, 2.75) is 20.8 Å². The van der Waals surface area contributed by atoms with E-state index >= 15 is 0 Å². The molecule has 0 aliphatic heterocycles. The molecule has 0 aliphatic rings. The molecule has 0 aromatic heterocycles. The molecule has 0 bridgehead atoms. The zero-order valence-corrected chi connectivity index (χ0v) is 12.4. The standard InChI is InChI=1S/3C2H4O2.CH3NO.Bi/c3*1-2(3)4;2-1-3;/h3*1H3,(H,3,4);1H,(H2,2,3);/q;;;;+3/p-3. The van der Waals surface area contributed by atoms with Gasteiger partial charge in [0.2, 0.25) is 6.41 Å². The van der Waals surface area contributed by atoms with Crippen LogP contribution < -0.4 is 21.1 Å². The first-order valence-electron chi connectivity index (χ1n) is 3.29. The fraction of sp³-hybridized carbons (Fsp3) is 0.429. The second-order valence-electron chi connectivity index (χ2n) is 1.61. The van der Waals surface area contributed by atoms with Gasteiger partial charge in [0, 0.05) is 17.9 Å². The molecule has 0 atom stereocenters. The molecule has 1 amide bonds. The van der Waals surface area contributed by atoms with Gasteiger partial charge in [-0.15, -0.1) is 0 Å². The maximum Gasteiger partial charge on any atom is 3.00 e. The summed E-state index contributed by atoms with van der Waals surface area (Å²) in [6.07, 6.45) is 0.250. The van der Waals surface area contributed by atoms with Crippen molar-refractivity contribution in [3.8, 4) is 0 Å². The summed E-state index contributed by atoms with van der Waals surface area (Å²) in [6, 6.07) is 0. The molecule has 92 valence electrons. The van der Waals surface area contributed by atoms with Gasteiger partial charge in [-0.2, -0.15) is 0 Å². The van der Waals surface area contributed by atoms with Crippen LogP contribution in [0.5, 0.6) is 0 Å². The van der Waals surface area contributed by atoms with E-state index in [9.17, 15) is 0 Å². The monoisotopic (exact) mass is 431 g/mol. The first-order chi connectivity index (χ1) is 6.61. The van der Waals surface area contributed by atoms with Crippen LogP contribution in [0.15, 0.2) is 0 Å². The number of carboxylic acids is 3. The number of hydrogen-bond donors (Lipinski definition) is 1. The van der Waals surface area contributed by atoms with Gasteiger partial charge >= 0.3 is 26.2 Å². The van der Waals surface area contributed by atoms with Gasteiger partial charge in [0.1, 0.15) is 0 Å². The summed E-state index contributed by atoms with van der Waals surface area (Å²) >= 11 is 0. The maximum atomic E-state index is 8.89. The summed E-state index contributed by atoms with van der Waals surface area (Å²) in [6.45, 7) is 2.92. The second kappa shape index (κ2) is 29.2. The molecule has 0 unspecified atom stereocenters. The first kappa shape index (κ1) is 29.3. The number of rotatable bonds is 0. The van der Waals surface area contributed by atoms with Gasteiger partial charge in [-0.25, -0.2) is 0 Å². The fourth-order valence-corrected chi connectivity index (χ4v) is 0. The normalized spacial score (nSPS) is 5.44. The Morgan fingerprint density at radius 1 is 0.875 bits per heavy atom. The van der Waals surface area contributed by atoms with Crippen LogP contribution in [0.25, 0.3) is 0 Å². The fourth-order valence-electron chi connectivity index (χ4n) is 0. The van der Waals surface area contributed by atoms with Crippen LogP contribution in [0.3, 0.4) is 0 Å². The molecule has 0 saturated carbocycles. The molecule has 2 N–H and O–H groups in total. The smallest absolute Gasteiger partial charge is 0.550 e. The Morgan fingerprint density at radius 2 is 0.875 bits per heavy atom. The van der Waals surface area contributed by atoms with E-state index in [0.717, 1.165) is 20.8 Å². The van der Waals surface area contributed by atoms with E-state index in [1.54, 1.807) is 0 Å². The molecular weight excluding hydrogens is 419 g/mol. The number of primary amides is 1. The summed E-state index contributed by atoms with van der Waals surface area (Å²) in [4.78, 5) is 35.2. The van der Waals surface area contributed by atoms with Crippen molar-refractivity contribution in [2.24, 2.45) is 5.73 Å². The molecule has 0 aliphatic carbocycles. The van der Waals surface area contributed by atoms with Gasteiger partial charge in [0.25, 0.3) is 0 Å². The molecule has 2 radical (unpaired) electrons. The SMILES string of the molecule is CC(=O)[O-].CC(=O)[O-].CC(=O)[O-].NC=O.[Bi+3]. The van der Waals surface area contributed by atoms with Crippen LogP contribution in [0, 0.1) is 0 Å². The molecule has 0 fully saturated rings. The summed E-state index contributed by atoms with van der Waals surface area (Å²) in [5, 5.41) is 26.7. The minimum absolute atomic E-state index is 0. The predicted molar refractivity (Wildman–Crippen MR) is 48.0 cm³/mol. The van der Waals surface area contributed by atoms with E-state index in [0.29, 0.717) is 0 Å². The Balaban J connectivity index is -0.0000000331. The molecule has 0 heterocycles. The third-order valence-electron chi connectivity index (χ3n) is 0. The number of carbonyl (C=O) groups excluding carboxylic acids is 4. The zero-order valence-electron chi connectivity index (χ0n) is 8.96. The van der Waals surface area contributed by atoms with Crippen molar-refractivity contribution >= 4 is 50.5 Å². The van der Waals surface area contributed by atoms with Gasteiger partial charge < -0.3 is 35.4 Å². The Bertz CT molecular complexity index is 155. The number of hydrogen-bond acceptors (Lipinski definition) is 7. The summed E-state index contributed by atoms with van der Waals surface area (Å²) in [5.74, 6) is -3.25. The molecule has 8 nitrogen and oxygen atoms in total. The van der Waals surface area contributed by atoms with Gasteiger partial charge in [-0.1, -0.05) is 0 Å². The molecule has 9 heteroatoms. The topological polar surface area (TPSA) is 163 Å². The summed E-state index contributed by atoms with van der Waals surface area (Å²) in [7, 11) is 0.